The van der Waals surface area contributed by atoms with Gasteiger partial charge in [0.1, 0.15) is 23.0 Å². The van der Waals surface area contributed by atoms with Crippen LogP contribution in [0.2, 0.25) is 0 Å². The van der Waals surface area contributed by atoms with Gasteiger partial charge in [-0.1, -0.05) is 18.2 Å². The summed E-state index contributed by atoms with van der Waals surface area (Å²) in [5, 5.41) is 5.05. The molecule has 0 radical (unpaired) electrons. The molecule has 2 heterocycles. The molecule has 6 nitrogen and oxygen atoms in total. The lowest BCUT2D eigenvalue weighted by atomic mass is 9.49. The summed E-state index contributed by atoms with van der Waals surface area (Å²) in [5.74, 6) is 2.83. The van der Waals surface area contributed by atoms with E-state index in [4.69, 9.17) is 9.15 Å². The molecule has 6 heteroatoms. The fraction of sp³-hybridized carbons (Fsp3) is 0.517. The Balaban J connectivity index is 1.16. The molecular formula is C29H32N2O4. The Morgan fingerprint density at radius 3 is 2.43 bits per heavy atom. The molecule has 1 N–H and O–H groups in total. The second-order valence-electron chi connectivity index (χ2n) is 11.5. The number of nitrogens with zero attached hydrogens (tertiary/aromatic N) is 1. The van der Waals surface area contributed by atoms with Crippen molar-refractivity contribution in [3.05, 3.63) is 36.4 Å². The van der Waals surface area contributed by atoms with Crippen LogP contribution < -0.4 is 10.1 Å². The number of para-hydroxylation sites is 1. The van der Waals surface area contributed by atoms with Gasteiger partial charge in [-0.15, -0.1) is 0 Å². The first-order valence-electron chi connectivity index (χ1n) is 13.1. The molecule has 3 aromatic rings. The number of anilines is 1. The average molecular weight is 473 g/mol. The number of carbonyl (C=O) groups excluding carboxylic acids is 2. The zero-order chi connectivity index (χ0) is 23.7. The molecule has 0 spiro atoms. The maximum absolute atomic E-state index is 14.0. The van der Waals surface area contributed by atoms with Gasteiger partial charge in [-0.3, -0.25) is 9.59 Å². The highest BCUT2D eigenvalue weighted by Crippen LogP contribution is 2.60. The van der Waals surface area contributed by atoms with E-state index in [2.05, 4.69) is 5.32 Å². The summed E-state index contributed by atoms with van der Waals surface area (Å²) < 4.78 is 11.7. The van der Waals surface area contributed by atoms with Gasteiger partial charge in [0.05, 0.1) is 18.2 Å². The third kappa shape index (κ3) is 3.29. The molecular weight excluding hydrogens is 440 g/mol. The smallest absolute Gasteiger partial charge is 0.247 e. The lowest BCUT2D eigenvalue weighted by Crippen LogP contribution is -2.56. The summed E-state index contributed by atoms with van der Waals surface area (Å²) >= 11 is 0. The zero-order valence-corrected chi connectivity index (χ0v) is 20.2. The molecule has 1 aliphatic heterocycles. The van der Waals surface area contributed by atoms with Crippen LogP contribution in [0, 0.1) is 23.2 Å². The fourth-order valence-electron chi connectivity index (χ4n) is 8.19. The van der Waals surface area contributed by atoms with Crippen LogP contribution in [0.25, 0.3) is 21.9 Å². The maximum atomic E-state index is 14.0. The van der Waals surface area contributed by atoms with Crippen LogP contribution in [0.4, 0.5) is 5.69 Å². The van der Waals surface area contributed by atoms with Crippen molar-refractivity contribution in [2.75, 3.05) is 19.0 Å². The van der Waals surface area contributed by atoms with Gasteiger partial charge in [0.25, 0.3) is 0 Å². The van der Waals surface area contributed by atoms with Gasteiger partial charge in [0.15, 0.2) is 0 Å². The Bertz CT molecular complexity index is 1310. The molecule has 4 bridgehead atoms. The Morgan fingerprint density at radius 2 is 1.71 bits per heavy atom. The minimum atomic E-state index is -0.424. The molecule has 182 valence electrons. The van der Waals surface area contributed by atoms with E-state index in [-0.39, 0.29) is 17.2 Å². The van der Waals surface area contributed by atoms with E-state index in [1.807, 2.05) is 41.3 Å². The first-order valence-corrected chi connectivity index (χ1v) is 13.1. The van der Waals surface area contributed by atoms with Crippen molar-refractivity contribution in [2.45, 2.75) is 57.4 Å². The molecule has 4 aliphatic carbocycles. The Morgan fingerprint density at radius 1 is 1.00 bits per heavy atom. The van der Waals surface area contributed by atoms with Crippen LogP contribution in [0.15, 0.2) is 40.8 Å². The number of amides is 2. The Hall–Kier alpha value is -3.02. The number of carbonyl (C=O) groups is 2. The number of nitrogens with one attached hydrogen (secondary N) is 1. The first kappa shape index (κ1) is 21.3. The topological polar surface area (TPSA) is 71.8 Å². The van der Waals surface area contributed by atoms with Gasteiger partial charge in [0, 0.05) is 23.4 Å². The van der Waals surface area contributed by atoms with Crippen LogP contribution in [0.3, 0.4) is 0 Å². The third-order valence-corrected chi connectivity index (χ3v) is 9.26. The number of benzene rings is 2. The largest absolute Gasteiger partial charge is 0.495 e. The summed E-state index contributed by atoms with van der Waals surface area (Å²) in [5.41, 5.74) is 1.87. The molecule has 5 aliphatic rings. The second kappa shape index (κ2) is 7.74. The van der Waals surface area contributed by atoms with E-state index in [0.717, 1.165) is 42.0 Å². The normalized spacial score (nSPS) is 31.4. The monoisotopic (exact) mass is 472 g/mol. The minimum absolute atomic E-state index is 0.130. The summed E-state index contributed by atoms with van der Waals surface area (Å²) in [7, 11) is 1.61. The SMILES string of the molecule is COc1cc2c(cc1NC(=O)C1CCCN1C(=O)C13CC4CC(CC(C4)C1)C3)oc1ccccc12. The van der Waals surface area contributed by atoms with Gasteiger partial charge in [0.2, 0.25) is 11.8 Å². The highest BCUT2D eigenvalue weighted by Gasteiger charge is 2.56. The number of ether oxygens (including phenoxy) is 1. The highest BCUT2D eigenvalue weighted by atomic mass is 16.5. The number of furan rings is 1. The van der Waals surface area contributed by atoms with E-state index < -0.39 is 6.04 Å². The zero-order valence-electron chi connectivity index (χ0n) is 20.2. The van der Waals surface area contributed by atoms with Crippen LogP contribution in [-0.2, 0) is 9.59 Å². The van der Waals surface area contributed by atoms with Gasteiger partial charge < -0.3 is 19.4 Å². The molecule has 8 rings (SSSR count). The van der Waals surface area contributed by atoms with E-state index >= 15 is 0 Å². The summed E-state index contributed by atoms with van der Waals surface area (Å²) in [6, 6.07) is 11.2. The number of methoxy groups -OCH3 is 1. The van der Waals surface area contributed by atoms with E-state index in [9.17, 15) is 9.59 Å². The molecule has 5 fully saturated rings. The Kier molecular flexibility index (Phi) is 4.71. The summed E-state index contributed by atoms with van der Waals surface area (Å²) in [4.78, 5) is 29.4. The average Bonchev–Trinajstić information content (AvgIpc) is 3.47. The van der Waals surface area contributed by atoms with Gasteiger partial charge in [-0.25, -0.2) is 0 Å². The van der Waals surface area contributed by atoms with E-state index in [1.54, 1.807) is 7.11 Å². The van der Waals surface area contributed by atoms with Crippen molar-refractivity contribution in [3.8, 4) is 5.75 Å². The van der Waals surface area contributed by atoms with Gasteiger partial charge >= 0.3 is 0 Å². The number of hydrogen-bond donors (Lipinski definition) is 1. The number of likely N-dealkylation sites (tertiary alicyclic amines) is 1. The standard InChI is InChI=1S/C29H32N2O4/c1-34-26-12-21-20-5-2-3-7-24(20)35-25(21)13-22(26)30-27(32)23-6-4-8-31(23)28(33)29-14-17-9-18(15-29)11-19(10-17)16-29/h2-3,5,7,12-13,17-19,23H,4,6,8-11,14-16H2,1H3,(H,30,32). The van der Waals surface area contributed by atoms with Crippen molar-refractivity contribution in [1.29, 1.82) is 0 Å². The molecule has 2 aromatic carbocycles. The van der Waals surface area contributed by atoms with Crippen LogP contribution in [0.1, 0.15) is 51.4 Å². The van der Waals surface area contributed by atoms with Crippen molar-refractivity contribution < 1.29 is 18.7 Å². The second-order valence-corrected chi connectivity index (χ2v) is 11.5. The van der Waals surface area contributed by atoms with Gasteiger partial charge in [-0.2, -0.15) is 0 Å². The maximum Gasteiger partial charge on any atom is 0.247 e. The fourth-order valence-corrected chi connectivity index (χ4v) is 8.19. The lowest BCUT2D eigenvalue weighted by molar-refractivity contribution is -0.160. The molecule has 1 unspecified atom stereocenters. The molecule has 1 saturated heterocycles. The number of fused-ring (bicyclic) bond motifs is 3. The van der Waals surface area contributed by atoms with E-state index in [0.29, 0.717) is 47.7 Å². The van der Waals surface area contributed by atoms with Gasteiger partial charge in [-0.05, 0) is 81.3 Å². The number of hydrogen-bond acceptors (Lipinski definition) is 4. The molecule has 35 heavy (non-hydrogen) atoms. The van der Waals surface area contributed by atoms with Crippen LogP contribution in [-0.4, -0.2) is 36.4 Å². The highest BCUT2D eigenvalue weighted by molar-refractivity contribution is 6.08. The van der Waals surface area contributed by atoms with Crippen LogP contribution in [0.5, 0.6) is 5.75 Å². The number of rotatable bonds is 4. The predicted molar refractivity (Wildman–Crippen MR) is 134 cm³/mol. The Labute approximate surface area is 205 Å². The van der Waals surface area contributed by atoms with Crippen molar-refractivity contribution >= 4 is 39.4 Å². The van der Waals surface area contributed by atoms with Crippen molar-refractivity contribution in [3.63, 3.8) is 0 Å². The molecule has 1 aromatic heterocycles. The molecule has 2 amide bonds. The quantitative estimate of drug-likeness (QED) is 0.526. The molecule has 1 atom stereocenters. The van der Waals surface area contributed by atoms with Crippen molar-refractivity contribution in [2.24, 2.45) is 23.2 Å². The first-order chi connectivity index (χ1) is 17.0. The molecule has 4 saturated carbocycles. The van der Waals surface area contributed by atoms with Crippen molar-refractivity contribution in [1.82, 2.24) is 4.90 Å². The predicted octanol–water partition coefficient (Wildman–Crippen LogP) is 5.74. The summed E-state index contributed by atoms with van der Waals surface area (Å²) in [6.45, 7) is 0.679. The third-order valence-electron chi connectivity index (χ3n) is 9.26. The van der Waals surface area contributed by atoms with Crippen LogP contribution >= 0.6 is 0 Å². The lowest BCUT2D eigenvalue weighted by Gasteiger charge is -2.56. The van der Waals surface area contributed by atoms with E-state index in [1.165, 1.54) is 19.3 Å². The summed E-state index contributed by atoms with van der Waals surface area (Å²) in [6.07, 6.45) is 8.58. The minimum Gasteiger partial charge on any atom is -0.495 e.